The molecule has 1 aliphatic rings. The molecule has 1 atom stereocenters. The Bertz CT molecular complexity index is 511. The normalized spacial score (nSPS) is 16.8. The van der Waals surface area contributed by atoms with Gasteiger partial charge in [0.05, 0.1) is 12.5 Å². The van der Waals surface area contributed by atoms with E-state index >= 15 is 0 Å². The fourth-order valence-corrected chi connectivity index (χ4v) is 2.23. The number of nitrogens with one attached hydrogen (secondary N) is 1. The molecule has 1 amide bonds. The molecule has 1 unspecified atom stereocenters. The Labute approximate surface area is 126 Å². The Morgan fingerprint density at radius 1 is 1.57 bits per heavy atom. The third-order valence-electron chi connectivity index (χ3n) is 3.40. The summed E-state index contributed by atoms with van der Waals surface area (Å²) >= 11 is 3.99. The number of halogens is 3. The largest absolute Gasteiger partial charge is 0.435 e. The van der Waals surface area contributed by atoms with Gasteiger partial charge in [-0.15, -0.1) is 0 Å². The van der Waals surface area contributed by atoms with Crippen LogP contribution in [0.2, 0.25) is 0 Å². The van der Waals surface area contributed by atoms with Crippen LogP contribution in [0, 0.1) is 5.92 Å². The Hall–Kier alpha value is -1.18. The first-order valence-electron chi connectivity index (χ1n) is 6.86. The van der Waals surface area contributed by atoms with Crippen molar-refractivity contribution in [3.63, 3.8) is 0 Å². The maximum Gasteiger partial charge on any atom is 0.435 e. The summed E-state index contributed by atoms with van der Waals surface area (Å²) in [4.78, 5) is 11.8. The zero-order valence-corrected chi connectivity index (χ0v) is 12.5. The lowest BCUT2D eigenvalue weighted by Gasteiger charge is -2.13. The number of carbonyl (C=O) groups excluding carboxylic acids is 1. The van der Waals surface area contributed by atoms with Crippen LogP contribution < -0.4 is 5.32 Å². The lowest BCUT2D eigenvalue weighted by atomic mass is 10.1. The molecular weight excluding hydrogens is 303 g/mol. The molecule has 0 aromatic carbocycles. The molecule has 0 bridgehead atoms. The smallest absolute Gasteiger partial charge is 0.355 e. The zero-order valence-electron chi connectivity index (χ0n) is 11.7. The van der Waals surface area contributed by atoms with E-state index in [-0.39, 0.29) is 18.4 Å². The average molecular weight is 321 g/mol. The fraction of sp³-hybridized carbons (Fsp3) is 0.692. The first-order chi connectivity index (χ1) is 9.82. The van der Waals surface area contributed by atoms with Gasteiger partial charge in [0.1, 0.15) is 0 Å². The van der Waals surface area contributed by atoms with Gasteiger partial charge in [-0.1, -0.05) is 6.92 Å². The molecule has 1 fully saturated rings. The summed E-state index contributed by atoms with van der Waals surface area (Å²) in [6.45, 7) is 2.27. The van der Waals surface area contributed by atoms with Crippen LogP contribution >= 0.6 is 12.6 Å². The van der Waals surface area contributed by atoms with Gasteiger partial charge in [-0.05, 0) is 18.9 Å². The van der Waals surface area contributed by atoms with Gasteiger partial charge in [-0.3, -0.25) is 9.48 Å². The molecule has 0 saturated heterocycles. The van der Waals surface area contributed by atoms with E-state index < -0.39 is 17.8 Å². The number of hydrogen-bond acceptors (Lipinski definition) is 3. The van der Waals surface area contributed by atoms with Crippen LogP contribution in [-0.2, 0) is 17.5 Å². The highest BCUT2D eigenvalue weighted by atomic mass is 32.1. The van der Waals surface area contributed by atoms with Crippen LogP contribution in [0.3, 0.4) is 0 Å². The Morgan fingerprint density at radius 2 is 2.24 bits per heavy atom. The van der Waals surface area contributed by atoms with Crippen molar-refractivity contribution in [3.8, 4) is 0 Å². The molecule has 0 spiro atoms. The maximum atomic E-state index is 12.8. The van der Waals surface area contributed by atoms with Crippen molar-refractivity contribution < 1.29 is 18.0 Å². The number of carbonyl (C=O) groups is 1. The van der Waals surface area contributed by atoms with E-state index in [1.165, 1.54) is 4.68 Å². The van der Waals surface area contributed by atoms with Crippen molar-refractivity contribution in [2.24, 2.45) is 5.92 Å². The van der Waals surface area contributed by atoms with E-state index in [2.05, 4.69) is 23.0 Å². The number of thiol groups is 1. The van der Waals surface area contributed by atoms with Crippen molar-refractivity contribution in [2.45, 2.75) is 38.4 Å². The van der Waals surface area contributed by atoms with Crippen LogP contribution in [0.15, 0.2) is 6.07 Å². The van der Waals surface area contributed by atoms with Crippen molar-refractivity contribution in [2.75, 3.05) is 12.3 Å². The first-order valence-corrected chi connectivity index (χ1v) is 7.49. The second kappa shape index (κ2) is 6.29. The van der Waals surface area contributed by atoms with Gasteiger partial charge in [-0.2, -0.15) is 30.9 Å². The monoisotopic (exact) mass is 321 g/mol. The van der Waals surface area contributed by atoms with E-state index in [1.807, 2.05) is 0 Å². The summed E-state index contributed by atoms with van der Waals surface area (Å²) in [5.41, 5.74) is -0.302. The molecule has 1 heterocycles. The van der Waals surface area contributed by atoms with Gasteiger partial charge in [0.2, 0.25) is 5.91 Å². The van der Waals surface area contributed by atoms with Crippen molar-refractivity contribution in [1.29, 1.82) is 0 Å². The topological polar surface area (TPSA) is 46.9 Å². The Kier molecular flexibility index (Phi) is 4.85. The van der Waals surface area contributed by atoms with Crippen molar-refractivity contribution in [3.05, 3.63) is 17.5 Å². The highest BCUT2D eigenvalue weighted by molar-refractivity contribution is 7.80. The highest BCUT2D eigenvalue weighted by Gasteiger charge is 2.38. The number of rotatable bonds is 6. The Balaban J connectivity index is 2.11. The zero-order chi connectivity index (χ0) is 15.6. The van der Waals surface area contributed by atoms with Crippen molar-refractivity contribution >= 4 is 18.5 Å². The summed E-state index contributed by atoms with van der Waals surface area (Å²) in [7, 11) is 0. The van der Waals surface area contributed by atoms with Crippen molar-refractivity contribution in [1.82, 2.24) is 15.1 Å². The van der Waals surface area contributed by atoms with E-state index in [0.717, 1.165) is 18.9 Å². The van der Waals surface area contributed by atoms with Gasteiger partial charge < -0.3 is 5.32 Å². The molecule has 0 aliphatic heterocycles. The summed E-state index contributed by atoms with van der Waals surface area (Å²) in [5.74, 6) is 0.0192. The quantitative estimate of drug-likeness (QED) is 0.791. The van der Waals surface area contributed by atoms with Crippen LogP contribution in [0.4, 0.5) is 13.2 Å². The van der Waals surface area contributed by atoms with E-state index in [9.17, 15) is 18.0 Å². The number of hydrogen-bond donors (Lipinski definition) is 2. The van der Waals surface area contributed by atoms with E-state index in [1.54, 1.807) is 6.92 Å². The van der Waals surface area contributed by atoms with Crippen LogP contribution in [-0.4, -0.2) is 28.0 Å². The molecule has 21 heavy (non-hydrogen) atoms. The third kappa shape index (κ3) is 4.15. The maximum absolute atomic E-state index is 12.8. The van der Waals surface area contributed by atoms with Gasteiger partial charge in [0, 0.05) is 23.9 Å². The van der Waals surface area contributed by atoms with Crippen LogP contribution in [0.5, 0.6) is 0 Å². The molecule has 1 N–H and O–H groups in total. The lowest BCUT2D eigenvalue weighted by molar-refractivity contribution is -0.141. The SMILES string of the molecule is CC(Cn1nc(C(F)(F)F)cc1C1CC1)C(=O)NCCS. The Morgan fingerprint density at radius 3 is 2.76 bits per heavy atom. The summed E-state index contributed by atoms with van der Waals surface area (Å²) < 4.78 is 39.6. The van der Waals surface area contributed by atoms with Gasteiger partial charge >= 0.3 is 6.18 Å². The molecule has 1 aromatic rings. The minimum absolute atomic E-state index is 0.140. The number of nitrogens with zero attached hydrogens (tertiary/aromatic N) is 2. The number of amides is 1. The van der Waals surface area contributed by atoms with Crippen LogP contribution in [0.1, 0.15) is 37.1 Å². The standard InChI is InChI=1S/C13H18F3N3OS/c1-8(12(20)17-4-5-21)7-19-10(9-2-3-9)6-11(18-19)13(14,15)16/h6,8-9,21H,2-5,7H2,1H3,(H,17,20). The van der Waals surface area contributed by atoms with E-state index in [4.69, 9.17) is 0 Å². The van der Waals surface area contributed by atoms with E-state index in [0.29, 0.717) is 18.0 Å². The van der Waals surface area contributed by atoms with Crippen LogP contribution in [0.25, 0.3) is 0 Å². The molecular formula is C13H18F3N3OS. The molecule has 8 heteroatoms. The molecule has 4 nitrogen and oxygen atoms in total. The van der Waals surface area contributed by atoms with Gasteiger partial charge in [0.25, 0.3) is 0 Å². The van der Waals surface area contributed by atoms with Gasteiger partial charge in [0.15, 0.2) is 5.69 Å². The fourth-order valence-electron chi connectivity index (χ4n) is 2.12. The second-order valence-electron chi connectivity index (χ2n) is 5.32. The molecule has 2 rings (SSSR count). The highest BCUT2D eigenvalue weighted by Crippen LogP contribution is 2.42. The lowest BCUT2D eigenvalue weighted by Crippen LogP contribution is -2.33. The molecule has 1 saturated carbocycles. The summed E-state index contributed by atoms with van der Waals surface area (Å²) in [6, 6.07) is 1.11. The predicted octanol–water partition coefficient (Wildman–Crippen LogP) is 2.46. The molecule has 0 radical (unpaired) electrons. The summed E-state index contributed by atoms with van der Waals surface area (Å²) in [5, 5.41) is 6.32. The third-order valence-corrected chi connectivity index (χ3v) is 3.63. The molecule has 1 aromatic heterocycles. The predicted molar refractivity (Wildman–Crippen MR) is 75.2 cm³/mol. The number of aromatic nitrogens is 2. The second-order valence-corrected chi connectivity index (χ2v) is 5.77. The summed E-state index contributed by atoms with van der Waals surface area (Å²) in [6.07, 6.45) is -2.70. The molecule has 118 valence electrons. The number of alkyl halides is 3. The first kappa shape index (κ1) is 16.2. The minimum Gasteiger partial charge on any atom is -0.355 e. The minimum atomic E-state index is -4.45. The van der Waals surface area contributed by atoms with Gasteiger partial charge in [-0.25, -0.2) is 0 Å². The average Bonchev–Trinajstić information content (AvgIpc) is 3.16. The molecule has 1 aliphatic carbocycles.